The number of fused-ring (bicyclic) bond motifs is 1. The van der Waals surface area contributed by atoms with E-state index in [2.05, 4.69) is 26.2 Å². The van der Waals surface area contributed by atoms with E-state index in [1.165, 1.54) is 5.31 Å². The van der Waals surface area contributed by atoms with E-state index in [9.17, 15) is 4.79 Å². The van der Waals surface area contributed by atoms with Gasteiger partial charge in [-0.3, -0.25) is 4.79 Å². The highest BCUT2D eigenvalue weighted by molar-refractivity contribution is 9.10. The summed E-state index contributed by atoms with van der Waals surface area (Å²) in [5, 5.41) is 4.35. The Morgan fingerprint density at radius 2 is 2.30 bits per heavy atom. The van der Waals surface area contributed by atoms with Crippen molar-refractivity contribution in [3.05, 3.63) is 16.7 Å². The number of halogens is 1. The summed E-state index contributed by atoms with van der Waals surface area (Å²) in [6, 6.07) is 3.18. The van der Waals surface area contributed by atoms with E-state index >= 15 is 0 Å². The van der Waals surface area contributed by atoms with Crippen LogP contribution in [0.15, 0.2) is 16.7 Å². The largest absolute Gasteiger partial charge is 0.458 e. The van der Waals surface area contributed by atoms with Gasteiger partial charge in [0, 0.05) is 6.42 Å². The van der Waals surface area contributed by atoms with Gasteiger partial charge in [-0.1, -0.05) is 20.8 Å². The first-order valence-electron chi connectivity index (χ1n) is 7.11. The number of amides is 1. The Labute approximate surface area is 128 Å². The van der Waals surface area contributed by atoms with E-state index in [1.54, 1.807) is 12.1 Å². The maximum Gasteiger partial charge on any atom is 0.270 e. The van der Waals surface area contributed by atoms with Gasteiger partial charge < -0.3 is 15.4 Å². The minimum absolute atomic E-state index is 0.186. The molecule has 1 spiro atoms. The van der Waals surface area contributed by atoms with Crippen LogP contribution in [-0.2, 0) is 4.79 Å². The average Bonchev–Trinajstić information content (AvgIpc) is 2.69. The first kappa shape index (κ1) is 12.6. The molecular formula is C14H18BrN3O2. The fraction of sp³-hybridized carbons (Fsp3) is 0.571. The lowest BCUT2D eigenvalue weighted by molar-refractivity contribution is -0.136. The quantitative estimate of drug-likeness (QED) is 0.711. The number of hydrogen-bond acceptors (Lipinski definition) is 4. The van der Waals surface area contributed by atoms with Gasteiger partial charge in [-0.2, -0.15) is 0 Å². The molecular weight excluding hydrogens is 322 g/mol. The predicted octanol–water partition coefficient (Wildman–Crippen LogP) is 2.32. The summed E-state index contributed by atoms with van der Waals surface area (Å²) in [4.78, 5) is 17.0. The van der Waals surface area contributed by atoms with Gasteiger partial charge in [0.05, 0.1) is 6.04 Å². The van der Waals surface area contributed by atoms with Crippen molar-refractivity contribution in [1.82, 2.24) is 10.3 Å². The first-order chi connectivity index (χ1) is 9.74. The zero-order chi connectivity index (χ0) is 15.4. The topological polar surface area (TPSA) is 63.2 Å². The standard InChI is InChI=1S/C14H18BrN3O2/c1-13(2,3)11-14(6-7-16-11)12(19)17-8-4-5-9(15)18-10(8)20-14/h4-5,11,16H,6-7H2,1-3H3,(H,17,19)/i/hD. The number of rotatable bonds is 0. The van der Waals surface area contributed by atoms with Gasteiger partial charge in [0.2, 0.25) is 11.5 Å². The van der Waals surface area contributed by atoms with Crippen molar-refractivity contribution in [3.63, 3.8) is 0 Å². The number of pyridine rings is 1. The van der Waals surface area contributed by atoms with Crippen molar-refractivity contribution in [2.75, 3.05) is 11.9 Å². The second-order valence-corrected chi connectivity index (χ2v) is 7.17. The van der Waals surface area contributed by atoms with Gasteiger partial charge in [-0.15, -0.1) is 0 Å². The molecule has 0 aliphatic carbocycles. The fourth-order valence-corrected chi connectivity index (χ4v) is 3.29. The van der Waals surface area contributed by atoms with Crippen LogP contribution in [-0.4, -0.2) is 29.1 Å². The van der Waals surface area contributed by atoms with Gasteiger partial charge in [-0.05, 0) is 40.0 Å². The predicted molar refractivity (Wildman–Crippen MR) is 79.8 cm³/mol. The molecule has 2 aliphatic heterocycles. The summed E-state index contributed by atoms with van der Waals surface area (Å²) in [7, 11) is 0. The summed E-state index contributed by atoms with van der Waals surface area (Å²) in [5.41, 5.74) is -0.746. The van der Waals surface area contributed by atoms with Crippen LogP contribution in [0.5, 0.6) is 5.88 Å². The number of aromatic nitrogens is 1. The van der Waals surface area contributed by atoms with Gasteiger partial charge in [-0.25, -0.2) is 4.98 Å². The zero-order valence-electron chi connectivity index (χ0n) is 12.7. The smallest absolute Gasteiger partial charge is 0.270 e. The number of ether oxygens (including phenoxy) is 1. The highest BCUT2D eigenvalue weighted by Crippen LogP contribution is 2.42. The maximum absolute atomic E-state index is 12.7. The molecule has 1 aromatic rings. The van der Waals surface area contributed by atoms with Crippen LogP contribution < -0.4 is 15.4 Å². The first-order valence-corrected chi connectivity index (χ1v) is 7.46. The molecule has 0 bridgehead atoms. The van der Waals surface area contributed by atoms with Crippen LogP contribution in [0.2, 0.25) is 1.41 Å². The lowest BCUT2D eigenvalue weighted by atomic mass is 9.76. The van der Waals surface area contributed by atoms with E-state index in [0.29, 0.717) is 29.1 Å². The Morgan fingerprint density at radius 3 is 3.00 bits per heavy atom. The Morgan fingerprint density at radius 1 is 1.55 bits per heavy atom. The number of nitrogens with zero attached hydrogens (tertiary/aromatic N) is 1. The number of nitrogens with one attached hydrogen (secondary N) is 2. The van der Waals surface area contributed by atoms with Crippen molar-refractivity contribution in [1.29, 1.82) is 0 Å². The molecule has 1 saturated heterocycles. The second-order valence-electron chi connectivity index (χ2n) is 6.36. The molecule has 1 fully saturated rings. The molecule has 2 aliphatic rings. The lowest BCUT2D eigenvalue weighted by Gasteiger charge is -2.42. The van der Waals surface area contributed by atoms with E-state index < -0.39 is 5.60 Å². The molecule has 0 radical (unpaired) electrons. The molecule has 5 nitrogen and oxygen atoms in total. The molecule has 2 unspecified atom stereocenters. The minimum Gasteiger partial charge on any atom is -0.458 e. The van der Waals surface area contributed by atoms with Crippen LogP contribution in [0.1, 0.15) is 27.2 Å². The molecule has 2 atom stereocenters. The van der Waals surface area contributed by atoms with E-state index in [1.807, 2.05) is 20.8 Å². The minimum atomic E-state index is -1.05. The summed E-state index contributed by atoms with van der Waals surface area (Å²) < 4.78 is 14.9. The van der Waals surface area contributed by atoms with Crippen LogP contribution in [0.4, 0.5) is 5.69 Å². The van der Waals surface area contributed by atoms with Gasteiger partial charge >= 0.3 is 0 Å². The van der Waals surface area contributed by atoms with Crippen LogP contribution >= 0.6 is 15.9 Å². The summed E-state index contributed by atoms with van der Waals surface area (Å²) in [5.74, 6) is 0.224. The number of carbonyl (C=O) groups excluding carboxylic acids is 1. The fourth-order valence-electron chi connectivity index (χ4n) is 3.00. The van der Waals surface area contributed by atoms with E-state index in [0.717, 1.165) is 0 Å². The van der Waals surface area contributed by atoms with Crippen molar-refractivity contribution < 1.29 is 10.9 Å². The van der Waals surface area contributed by atoms with Crippen molar-refractivity contribution in [2.24, 2.45) is 5.41 Å². The highest BCUT2D eigenvalue weighted by Gasteiger charge is 2.57. The molecule has 3 heterocycles. The molecule has 6 heteroatoms. The third kappa shape index (κ3) is 2.02. The van der Waals surface area contributed by atoms with Crippen molar-refractivity contribution in [2.45, 2.75) is 38.8 Å². The molecule has 0 aromatic carbocycles. The molecule has 1 aromatic heterocycles. The third-order valence-corrected chi connectivity index (χ3v) is 4.24. The second kappa shape index (κ2) is 4.43. The highest BCUT2D eigenvalue weighted by atomic mass is 79.9. The maximum atomic E-state index is 12.7. The molecule has 0 saturated carbocycles. The van der Waals surface area contributed by atoms with E-state index in [-0.39, 0.29) is 17.4 Å². The zero-order valence-corrected chi connectivity index (χ0v) is 13.3. The summed E-state index contributed by atoms with van der Waals surface area (Å²) in [6.07, 6.45) is 0.484. The van der Waals surface area contributed by atoms with Crippen LogP contribution in [0.25, 0.3) is 0 Å². The van der Waals surface area contributed by atoms with Crippen molar-refractivity contribution in [3.8, 4) is 5.88 Å². The number of carbonyl (C=O) groups is 1. The van der Waals surface area contributed by atoms with Crippen molar-refractivity contribution >= 4 is 27.5 Å². The van der Waals surface area contributed by atoms with Crippen LogP contribution in [0.3, 0.4) is 0 Å². The molecule has 3 rings (SSSR count). The Kier molecular flexibility index (Phi) is 2.79. The van der Waals surface area contributed by atoms with Gasteiger partial charge in [0.25, 0.3) is 5.91 Å². The van der Waals surface area contributed by atoms with Gasteiger partial charge in [0.15, 0.2) is 0 Å². The molecule has 1 amide bonds. The normalized spacial score (nSPS) is 30.7. The average molecular weight is 341 g/mol. The van der Waals surface area contributed by atoms with Gasteiger partial charge in [0.1, 0.15) is 11.7 Å². The third-order valence-electron chi connectivity index (χ3n) is 3.79. The Balaban J connectivity index is 2.07. The Bertz CT molecular complexity index is 604. The summed E-state index contributed by atoms with van der Waals surface area (Å²) >= 11 is 3.32. The lowest BCUT2D eigenvalue weighted by Crippen LogP contribution is -2.62. The number of anilines is 1. The monoisotopic (exact) mass is 340 g/mol. The molecule has 20 heavy (non-hydrogen) atoms. The summed E-state index contributed by atoms with van der Waals surface area (Å²) in [6.45, 7) is 6.56. The van der Waals surface area contributed by atoms with E-state index in [4.69, 9.17) is 6.15 Å². The molecule has 108 valence electrons. The van der Waals surface area contributed by atoms with Crippen LogP contribution in [0, 0.1) is 5.41 Å². The Hall–Kier alpha value is -1.14. The molecule has 2 N–H and O–H groups in total. The SMILES string of the molecule is [2H]N1CCC2(Oc3nc(Br)ccc3NC2=O)C1C(C)(C)C. The number of hydrogen-bond donors (Lipinski definition) is 2.